The van der Waals surface area contributed by atoms with Gasteiger partial charge in [-0.3, -0.25) is 4.90 Å². The molecule has 1 saturated heterocycles. The molecule has 106 valence electrons. The SMILES string of the molecule is CC(C)n1nnnc1CN1CC[C@H](c2ccccc2)C1. The molecule has 1 fully saturated rings. The molecule has 0 amide bonds. The summed E-state index contributed by atoms with van der Waals surface area (Å²) in [6.45, 7) is 7.27. The van der Waals surface area contributed by atoms with Crippen molar-refractivity contribution in [2.24, 2.45) is 0 Å². The fraction of sp³-hybridized carbons (Fsp3) is 0.533. The van der Waals surface area contributed by atoms with Gasteiger partial charge in [-0.2, -0.15) is 0 Å². The van der Waals surface area contributed by atoms with Crippen LogP contribution in [0.25, 0.3) is 0 Å². The topological polar surface area (TPSA) is 46.8 Å². The zero-order valence-corrected chi connectivity index (χ0v) is 12.1. The average molecular weight is 271 g/mol. The highest BCUT2D eigenvalue weighted by molar-refractivity contribution is 5.21. The first-order chi connectivity index (χ1) is 9.74. The summed E-state index contributed by atoms with van der Waals surface area (Å²) in [5.41, 5.74) is 1.44. The van der Waals surface area contributed by atoms with Gasteiger partial charge in [-0.25, -0.2) is 4.68 Å². The third-order valence-corrected chi connectivity index (χ3v) is 3.96. The molecule has 1 aromatic heterocycles. The van der Waals surface area contributed by atoms with Gasteiger partial charge in [-0.05, 0) is 48.7 Å². The van der Waals surface area contributed by atoms with E-state index in [9.17, 15) is 0 Å². The third-order valence-electron chi connectivity index (χ3n) is 3.96. The first-order valence-electron chi connectivity index (χ1n) is 7.28. The molecule has 0 spiro atoms. The smallest absolute Gasteiger partial charge is 0.165 e. The lowest BCUT2D eigenvalue weighted by Crippen LogP contribution is -2.23. The van der Waals surface area contributed by atoms with Crippen molar-refractivity contribution < 1.29 is 0 Å². The standard InChI is InChI=1S/C15H21N5/c1-12(2)20-15(16-17-18-20)11-19-9-8-14(10-19)13-6-4-3-5-7-13/h3-7,12,14H,8-11H2,1-2H3/t14-/m0/s1. The summed E-state index contributed by atoms with van der Waals surface area (Å²) in [5, 5.41) is 12.0. The van der Waals surface area contributed by atoms with Crippen LogP contribution in [0.4, 0.5) is 0 Å². The Morgan fingerprint density at radius 3 is 2.80 bits per heavy atom. The van der Waals surface area contributed by atoms with Gasteiger partial charge in [0.05, 0.1) is 12.6 Å². The molecule has 1 atom stereocenters. The van der Waals surface area contributed by atoms with E-state index >= 15 is 0 Å². The number of hydrogen-bond donors (Lipinski definition) is 0. The summed E-state index contributed by atoms with van der Waals surface area (Å²) in [6.07, 6.45) is 1.22. The van der Waals surface area contributed by atoms with Gasteiger partial charge < -0.3 is 0 Å². The normalized spacial score (nSPS) is 19.9. The maximum absolute atomic E-state index is 4.16. The Morgan fingerprint density at radius 1 is 1.25 bits per heavy atom. The average Bonchev–Trinajstić information content (AvgIpc) is 3.09. The molecule has 2 aromatic rings. The van der Waals surface area contributed by atoms with Gasteiger partial charge in [0, 0.05) is 6.54 Å². The molecule has 0 bridgehead atoms. The molecule has 2 heterocycles. The zero-order chi connectivity index (χ0) is 13.9. The molecule has 20 heavy (non-hydrogen) atoms. The Labute approximate surface area is 119 Å². The van der Waals surface area contributed by atoms with Crippen LogP contribution >= 0.6 is 0 Å². The van der Waals surface area contributed by atoms with Gasteiger partial charge >= 0.3 is 0 Å². The van der Waals surface area contributed by atoms with Crippen LogP contribution in [0.5, 0.6) is 0 Å². The molecule has 3 rings (SSSR count). The molecule has 1 aliphatic heterocycles. The van der Waals surface area contributed by atoms with Crippen LogP contribution in [0, 0.1) is 0 Å². The Kier molecular flexibility index (Phi) is 3.78. The summed E-state index contributed by atoms with van der Waals surface area (Å²) in [7, 11) is 0. The second-order valence-electron chi connectivity index (χ2n) is 5.76. The van der Waals surface area contributed by atoms with Crippen LogP contribution in [0.2, 0.25) is 0 Å². The molecule has 0 saturated carbocycles. The summed E-state index contributed by atoms with van der Waals surface area (Å²) in [6, 6.07) is 11.1. The fourth-order valence-electron chi connectivity index (χ4n) is 2.89. The third kappa shape index (κ3) is 2.72. The zero-order valence-electron chi connectivity index (χ0n) is 12.1. The Balaban J connectivity index is 1.65. The number of nitrogens with zero attached hydrogens (tertiary/aromatic N) is 5. The highest BCUT2D eigenvalue weighted by atomic mass is 15.6. The molecular weight excluding hydrogens is 250 g/mol. The van der Waals surface area contributed by atoms with Crippen molar-refractivity contribution in [1.82, 2.24) is 25.1 Å². The van der Waals surface area contributed by atoms with E-state index < -0.39 is 0 Å². The van der Waals surface area contributed by atoms with E-state index in [0.717, 1.165) is 25.5 Å². The lowest BCUT2D eigenvalue weighted by molar-refractivity contribution is 0.305. The van der Waals surface area contributed by atoms with Crippen LogP contribution in [0.3, 0.4) is 0 Å². The minimum atomic E-state index is 0.313. The predicted molar refractivity (Wildman–Crippen MR) is 77.3 cm³/mol. The van der Waals surface area contributed by atoms with Gasteiger partial charge in [-0.1, -0.05) is 30.3 Å². The van der Waals surface area contributed by atoms with E-state index in [-0.39, 0.29) is 0 Å². The summed E-state index contributed by atoms with van der Waals surface area (Å²) >= 11 is 0. The largest absolute Gasteiger partial charge is 0.295 e. The van der Waals surface area contributed by atoms with Crippen LogP contribution in [-0.2, 0) is 6.54 Å². The molecule has 0 radical (unpaired) electrons. The molecule has 5 nitrogen and oxygen atoms in total. The minimum absolute atomic E-state index is 0.313. The lowest BCUT2D eigenvalue weighted by atomic mass is 9.99. The summed E-state index contributed by atoms with van der Waals surface area (Å²) in [4.78, 5) is 2.45. The number of hydrogen-bond acceptors (Lipinski definition) is 4. The minimum Gasteiger partial charge on any atom is -0.295 e. The summed E-state index contributed by atoms with van der Waals surface area (Å²) in [5.74, 6) is 1.60. The lowest BCUT2D eigenvalue weighted by Gasteiger charge is -2.16. The molecule has 0 aliphatic carbocycles. The van der Waals surface area contributed by atoms with E-state index in [1.165, 1.54) is 12.0 Å². The Bertz CT molecular complexity index is 548. The van der Waals surface area contributed by atoms with Gasteiger partial charge in [0.25, 0.3) is 0 Å². The molecule has 0 N–H and O–H groups in total. The quantitative estimate of drug-likeness (QED) is 0.855. The molecule has 1 aromatic carbocycles. The predicted octanol–water partition coefficient (Wildman–Crippen LogP) is 2.24. The van der Waals surface area contributed by atoms with Crippen molar-refractivity contribution >= 4 is 0 Å². The number of benzene rings is 1. The van der Waals surface area contributed by atoms with E-state index in [1.807, 2.05) is 4.68 Å². The van der Waals surface area contributed by atoms with Gasteiger partial charge in [-0.15, -0.1) is 5.10 Å². The number of tetrazole rings is 1. The van der Waals surface area contributed by atoms with Crippen molar-refractivity contribution in [2.45, 2.75) is 38.8 Å². The molecule has 1 aliphatic rings. The molecule has 0 unspecified atom stereocenters. The second-order valence-corrected chi connectivity index (χ2v) is 5.76. The van der Waals surface area contributed by atoms with E-state index in [4.69, 9.17) is 0 Å². The number of likely N-dealkylation sites (tertiary alicyclic amines) is 1. The molecular formula is C15H21N5. The maximum Gasteiger partial charge on any atom is 0.165 e. The van der Waals surface area contributed by atoms with Gasteiger partial charge in [0.1, 0.15) is 0 Å². The van der Waals surface area contributed by atoms with E-state index in [0.29, 0.717) is 12.0 Å². The first-order valence-corrected chi connectivity index (χ1v) is 7.28. The van der Waals surface area contributed by atoms with E-state index in [1.54, 1.807) is 0 Å². The maximum atomic E-state index is 4.16. The van der Waals surface area contributed by atoms with Crippen molar-refractivity contribution in [3.05, 3.63) is 41.7 Å². The molecule has 5 heteroatoms. The van der Waals surface area contributed by atoms with Gasteiger partial charge in [0.2, 0.25) is 0 Å². The highest BCUT2D eigenvalue weighted by Gasteiger charge is 2.25. The van der Waals surface area contributed by atoms with Crippen molar-refractivity contribution in [3.63, 3.8) is 0 Å². The number of aromatic nitrogens is 4. The summed E-state index contributed by atoms with van der Waals surface area (Å²) < 4.78 is 1.91. The van der Waals surface area contributed by atoms with Crippen LogP contribution in [0.1, 0.15) is 43.6 Å². The van der Waals surface area contributed by atoms with Crippen molar-refractivity contribution in [3.8, 4) is 0 Å². The van der Waals surface area contributed by atoms with Crippen LogP contribution in [-0.4, -0.2) is 38.2 Å². The first kappa shape index (κ1) is 13.2. The van der Waals surface area contributed by atoms with Crippen molar-refractivity contribution in [1.29, 1.82) is 0 Å². The van der Waals surface area contributed by atoms with Crippen molar-refractivity contribution in [2.75, 3.05) is 13.1 Å². The Hall–Kier alpha value is -1.75. The monoisotopic (exact) mass is 271 g/mol. The van der Waals surface area contributed by atoms with Crippen LogP contribution in [0.15, 0.2) is 30.3 Å². The Morgan fingerprint density at radius 2 is 2.05 bits per heavy atom. The van der Waals surface area contributed by atoms with Gasteiger partial charge in [0.15, 0.2) is 5.82 Å². The number of rotatable bonds is 4. The van der Waals surface area contributed by atoms with Crippen LogP contribution < -0.4 is 0 Å². The second kappa shape index (κ2) is 5.71. The fourth-order valence-corrected chi connectivity index (χ4v) is 2.89. The highest BCUT2D eigenvalue weighted by Crippen LogP contribution is 2.27. The van der Waals surface area contributed by atoms with E-state index in [2.05, 4.69) is 64.6 Å².